The molecule has 1 atom stereocenters. The summed E-state index contributed by atoms with van der Waals surface area (Å²) >= 11 is 0. The molecule has 3 aliphatic rings. The summed E-state index contributed by atoms with van der Waals surface area (Å²) in [6, 6.07) is 9.38. The van der Waals surface area contributed by atoms with Gasteiger partial charge in [0, 0.05) is 38.3 Å². The Morgan fingerprint density at radius 2 is 1.68 bits per heavy atom. The summed E-state index contributed by atoms with van der Waals surface area (Å²) in [5.74, 6) is 3.76. The van der Waals surface area contributed by atoms with Crippen molar-refractivity contribution in [3.05, 3.63) is 47.0 Å². The van der Waals surface area contributed by atoms with E-state index in [1.54, 1.807) is 4.52 Å². The minimum absolute atomic E-state index is 0.141. The summed E-state index contributed by atoms with van der Waals surface area (Å²) in [5.41, 5.74) is 4.64. The van der Waals surface area contributed by atoms with Crippen molar-refractivity contribution in [3.8, 4) is 5.75 Å². The van der Waals surface area contributed by atoms with Crippen LogP contribution in [-0.2, 0) is 4.74 Å². The molecular weight excluding hydrogens is 464 g/mol. The fraction of sp³-hybridized carbons (Fsp3) is 0.621. The zero-order chi connectivity index (χ0) is 25.4. The number of hydrogen-bond acceptors (Lipinski definition) is 7. The van der Waals surface area contributed by atoms with Crippen molar-refractivity contribution < 1.29 is 9.47 Å². The molecule has 2 aliphatic heterocycles. The van der Waals surface area contributed by atoms with Gasteiger partial charge in [0.25, 0.3) is 5.78 Å². The number of aryl methyl sites for hydroxylation is 3. The normalized spacial score (nSPS) is 25.2. The first-order valence-corrected chi connectivity index (χ1v) is 14.1. The second kappa shape index (κ2) is 10.6. The van der Waals surface area contributed by atoms with Crippen LogP contribution < -0.4 is 9.64 Å². The first-order chi connectivity index (χ1) is 18.0. The summed E-state index contributed by atoms with van der Waals surface area (Å²) in [6.07, 6.45) is 6.47. The SMILES string of the molecule is Cc1nc2nc(C)c(O[C@@H]3CCN(c4ccc(C5CCC(CN6CCOCC6)CC5)cc4)C3)c(C)n2n1. The molecule has 1 saturated carbocycles. The van der Waals surface area contributed by atoms with Crippen LogP contribution in [0.25, 0.3) is 5.78 Å². The molecule has 0 unspecified atom stereocenters. The summed E-state index contributed by atoms with van der Waals surface area (Å²) in [5, 5.41) is 4.47. The molecule has 1 aliphatic carbocycles. The van der Waals surface area contributed by atoms with E-state index in [9.17, 15) is 0 Å². The van der Waals surface area contributed by atoms with Crippen LogP contribution in [0.1, 0.15) is 60.8 Å². The van der Waals surface area contributed by atoms with E-state index in [-0.39, 0.29) is 6.10 Å². The standard InChI is InChI=1S/C29H40N6O2/c1-20-28(21(2)35-29(30-20)31-22(3)32-35)37-27-12-13-34(19-27)26-10-8-25(9-11-26)24-6-4-23(5-7-24)18-33-14-16-36-17-15-33/h8-11,23-24,27H,4-7,12-19H2,1-3H3/t23?,24?,27-/m1/s1. The Bertz CT molecular complexity index is 1210. The lowest BCUT2D eigenvalue weighted by atomic mass is 9.78. The van der Waals surface area contributed by atoms with Gasteiger partial charge in [0.2, 0.25) is 0 Å². The van der Waals surface area contributed by atoms with Crippen LogP contribution >= 0.6 is 0 Å². The maximum atomic E-state index is 6.49. The molecule has 0 bridgehead atoms. The van der Waals surface area contributed by atoms with Gasteiger partial charge in [-0.1, -0.05) is 12.1 Å². The first kappa shape index (κ1) is 24.6. The molecule has 198 valence electrons. The monoisotopic (exact) mass is 504 g/mol. The van der Waals surface area contributed by atoms with E-state index >= 15 is 0 Å². The number of hydrogen-bond donors (Lipinski definition) is 0. The Balaban J connectivity index is 1.03. The Hall–Kier alpha value is -2.71. The average Bonchev–Trinajstić information content (AvgIpc) is 3.54. The van der Waals surface area contributed by atoms with E-state index in [0.717, 1.165) is 74.7 Å². The third kappa shape index (κ3) is 5.32. The highest BCUT2D eigenvalue weighted by molar-refractivity contribution is 5.49. The molecular formula is C29H40N6O2. The quantitative estimate of drug-likeness (QED) is 0.495. The van der Waals surface area contributed by atoms with Gasteiger partial charge in [0.15, 0.2) is 5.75 Å². The molecule has 0 spiro atoms. The number of anilines is 1. The van der Waals surface area contributed by atoms with Gasteiger partial charge < -0.3 is 14.4 Å². The Morgan fingerprint density at radius 3 is 2.43 bits per heavy atom. The number of nitrogens with zero attached hydrogens (tertiary/aromatic N) is 6. The topological polar surface area (TPSA) is 68.0 Å². The van der Waals surface area contributed by atoms with Crippen molar-refractivity contribution in [2.75, 3.05) is 50.8 Å². The highest BCUT2D eigenvalue weighted by Gasteiger charge is 2.28. The van der Waals surface area contributed by atoms with Gasteiger partial charge in [0.1, 0.15) is 11.9 Å². The lowest BCUT2D eigenvalue weighted by molar-refractivity contribution is 0.0273. The van der Waals surface area contributed by atoms with Crippen LogP contribution in [-0.4, -0.2) is 76.5 Å². The summed E-state index contributed by atoms with van der Waals surface area (Å²) < 4.78 is 13.8. The molecule has 0 amide bonds. The number of morpholine rings is 1. The van der Waals surface area contributed by atoms with E-state index < -0.39 is 0 Å². The molecule has 3 aromatic rings. The maximum Gasteiger partial charge on any atom is 0.253 e. The summed E-state index contributed by atoms with van der Waals surface area (Å²) in [6.45, 7) is 13.1. The fourth-order valence-electron chi connectivity index (χ4n) is 6.44. The van der Waals surface area contributed by atoms with E-state index in [1.165, 1.54) is 43.5 Å². The van der Waals surface area contributed by atoms with Crippen LogP contribution in [0.5, 0.6) is 5.75 Å². The second-order valence-electron chi connectivity index (χ2n) is 11.2. The number of fused-ring (bicyclic) bond motifs is 1. The molecule has 2 saturated heterocycles. The largest absolute Gasteiger partial charge is 0.485 e. The molecule has 0 N–H and O–H groups in total. The highest BCUT2D eigenvalue weighted by atomic mass is 16.5. The third-order valence-corrected chi connectivity index (χ3v) is 8.56. The smallest absolute Gasteiger partial charge is 0.253 e. The van der Waals surface area contributed by atoms with Crippen LogP contribution in [0, 0.1) is 26.7 Å². The van der Waals surface area contributed by atoms with Crippen LogP contribution in [0.3, 0.4) is 0 Å². The zero-order valence-electron chi connectivity index (χ0n) is 22.5. The van der Waals surface area contributed by atoms with E-state index in [2.05, 4.69) is 49.1 Å². The molecule has 37 heavy (non-hydrogen) atoms. The predicted octanol–water partition coefficient (Wildman–Crippen LogP) is 4.31. The molecule has 1 aromatic carbocycles. The molecule has 2 aromatic heterocycles. The average molecular weight is 505 g/mol. The summed E-state index contributed by atoms with van der Waals surface area (Å²) in [7, 11) is 0. The Kier molecular flexibility index (Phi) is 7.04. The molecule has 8 nitrogen and oxygen atoms in total. The first-order valence-electron chi connectivity index (χ1n) is 14.1. The van der Waals surface area contributed by atoms with Crippen LogP contribution in [0.4, 0.5) is 5.69 Å². The number of rotatable bonds is 6. The van der Waals surface area contributed by atoms with Crippen molar-refractivity contribution in [1.29, 1.82) is 0 Å². The Labute approximate surface area is 220 Å². The second-order valence-corrected chi connectivity index (χ2v) is 11.2. The predicted molar refractivity (Wildman–Crippen MR) is 145 cm³/mol. The van der Waals surface area contributed by atoms with Crippen molar-refractivity contribution >= 4 is 11.5 Å². The maximum absolute atomic E-state index is 6.49. The van der Waals surface area contributed by atoms with Gasteiger partial charge >= 0.3 is 0 Å². The Morgan fingerprint density at radius 1 is 0.919 bits per heavy atom. The summed E-state index contributed by atoms with van der Waals surface area (Å²) in [4.78, 5) is 14.1. The zero-order valence-corrected chi connectivity index (χ0v) is 22.5. The van der Waals surface area contributed by atoms with E-state index in [1.807, 2.05) is 20.8 Å². The van der Waals surface area contributed by atoms with Gasteiger partial charge in [-0.25, -0.2) is 4.98 Å². The fourth-order valence-corrected chi connectivity index (χ4v) is 6.44. The minimum Gasteiger partial charge on any atom is -0.485 e. The van der Waals surface area contributed by atoms with Crippen LogP contribution in [0.2, 0.25) is 0 Å². The van der Waals surface area contributed by atoms with Gasteiger partial charge in [-0.15, -0.1) is 5.10 Å². The molecule has 4 heterocycles. The third-order valence-electron chi connectivity index (χ3n) is 8.56. The molecule has 3 fully saturated rings. The van der Waals surface area contributed by atoms with Crippen molar-refractivity contribution in [1.82, 2.24) is 24.5 Å². The van der Waals surface area contributed by atoms with Crippen molar-refractivity contribution in [2.45, 2.75) is 64.9 Å². The molecule has 0 radical (unpaired) electrons. The molecule has 6 rings (SSSR count). The minimum atomic E-state index is 0.141. The van der Waals surface area contributed by atoms with Gasteiger partial charge in [-0.2, -0.15) is 9.50 Å². The van der Waals surface area contributed by atoms with E-state index in [4.69, 9.17) is 9.47 Å². The van der Waals surface area contributed by atoms with E-state index in [0.29, 0.717) is 11.7 Å². The van der Waals surface area contributed by atoms with Crippen LogP contribution in [0.15, 0.2) is 24.3 Å². The van der Waals surface area contributed by atoms with Crippen molar-refractivity contribution in [2.24, 2.45) is 5.92 Å². The lowest BCUT2D eigenvalue weighted by Crippen LogP contribution is -2.40. The van der Waals surface area contributed by atoms with Crippen molar-refractivity contribution in [3.63, 3.8) is 0 Å². The van der Waals surface area contributed by atoms with Gasteiger partial charge in [-0.05, 0) is 76.0 Å². The number of ether oxygens (including phenoxy) is 2. The van der Waals surface area contributed by atoms with Gasteiger partial charge in [0.05, 0.1) is 31.1 Å². The molecule has 8 heteroatoms. The van der Waals surface area contributed by atoms with Gasteiger partial charge in [-0.3, -0.25) is 4.90 Å². The number of aromatic nitrogens is 4. The lowest BCUT2D eigenvalue weighted by Gasteiger charge is -2.34. The highest BCUT2D eigenvalue weighted by Crippen LogP contribution is 2.37. The number of benzene rings is 1.